The van der Waals surface area contributed by atoms with Crippen molar-refractivity contribution < 1.29 is 17.9 Å². The molecule has 202 valence electrons. The Morgan fingerprint density at radius 3 is 2.87 bits per heavy atom. The number of alkyl halides is 3. The molecule has 0 bridgehead atoms. The molecule has 38 heavy (non-hydrogen) atoms. The summed E-state index contributed by atoms with van der Waals surface area (Å²) in [5.41, 5.74) is 0.937. The van der Waals surface area contributed by atoms with E-state index in [1.54, 1.807) is 25.2 Å². The van der Waals surface area contributed by atoms with Gasteiger partial charge < -0.3 is 24.8 Å². The van der Waals surface area contributed by atoms with Crippen molar-refractivity contribution in [1.29, 1.82) is 0 Å². The average Bonchev–Trinajstić information content (AvgIpc) is 3.76. The van der Waals surface area contributed by atoms with Gasteiger partial charge in [0.25, 0.3) is 5.56 Å². The van der Waals surface area contributed by atoms with Crippen molar-refractivity contribution >= 4 is 45.6 Å². The van der Waals surface area contributed by atoms with Gasteiger partial charge >= 0.3 is 5.92 Å². The van der Waals surface area contributed by atoms with E-state index in [1.807, 2.05) is 4.90 Å². The fraction of sp³-hybridized carbons (Fsp3) is 0.500. The quantitative estimate of drug-likeness (QED) is 0.457. The summed E-state index contributed by atoms with van der Waals surface area (Å²) in [7, 11) is 1.58. The number of aryl methyl sites for hydroxylation is 1. The molecule has 0 radical (unpaired) electrons. The number of halogens is 4. The highest BCUT2D eigenvalue weighted by atomic mass is 35.5. The van der Waals surface area contributed by atoms with Crippen LogP contribution in [0.4, 0.5) is 36.3 Å². The van der Waals surface area contributed by atoms with Crippen molar-refractivity contribution in [2.75, 3.05) is 41.9 Å². The van der Waals surface area contributed by atoms with Crippen molar-refractivity contribution in [3.05, 3.63) is 39.8 Å². The zero-order chi connectivity index (χ0) is 26.6. The molecule has 12 heteroatoms. The first kappa shape index (κ1) is 25.1. The van der Waals surface area contributed by atoms with E-state index in [0.29, 0.717) is 52.8 Å². The van der Waals surface area contributed by atoms with Crippen LogP contribution in [0.5, 0.6) is 5.75 Å². The molecular weight excluding hydrogens is 521 g/mol. The lowest BCUT2D eigenvalue weighted by Gasteiger charge is -2.31. The van der Waals surface area contributed by atoms with Crippen LogP contribution in [-0.2, 0) is 7.05 Å². The van der Waals surface area contributed by atoms with Crippen LogP contribution in [0.15, 0.2) is 29.2 Å². The molecule has 2 atom stereocenters. The van der Waals surface area contributed by atoms with Crippen LogP contribution in [0.1, 0.15) is 25.7 Å². The minimum Gasteiger partial charge on any atom is -0.480 e. The van der Waals surface area contributed by atoms with E-state index in [2.05, 4.69) is 20.6 Å². The standard InChI is InChI=1S/C26H28ClF3N6O2/c1-35-19-7-6-16(32-23-18(27)11-31-25(34-23)36-8-2-3-14(10-28)12-36)9-17(19)20-21(24(35)37)38-13-26(29,30)22(33-20)15-4-5-15/h6-7,9,11,14-15,22,33H,2-5,8,10,12-13H2,1H3,(H,31,32,34)/t14-,22-/m0/s1. The molecule has 1 aliphatic carbocycles. The Morgan fingerprint density at radius 1 is 1.29 bits per heavy atom. The van der Waals surface area contributed by atoms with Crippen LogP contribution < -0.4 is 25.8 Å². The summed E-state index contributed by atoms with van der Waals surface area (Å²) >= 11 is 6.41. The smallest absolute Gasteiger partial charge is 0.301 e. The van der Waals surface area contributed by atoms with Gasteiger partial charge in [-0.3, -0.25) is 9.18 Å². The van der Waals surface area contributed by atoms with Gasteiger partial charge in [0.15, 0.2) is 12.4 Å². The topological polar surface area (TPSA) is 84.3 Å². The molecule has 2 fully saturated rings. The predicted octanol–water partition coefficient (Wildman–Crippen LogP) is 5.13. The molecule has 0 amide bonds. The molecule has 0 unspecified atom stereocenters. The fourth-order valence-electron chi connectivity index (χ4n) is 5.39. The highest BCUT2D eigenvalue weighted by Crippen LogP contribution is 2.45. The van der Waals surface area contributed by atoms with Gasteiger partial charge in [0.1, 0.15) is 5.02 Å². The number of hydrogen-bond acceptors (Lipinski definition) is 7. The maximum absolute atomic E-state index is 14.9. The van der Waals surface area contributed by atoms with Crippen molar-refractivity contribution in [3.8, 4) is 5.75 Å². The van der Waals surface area contributed by atoms with E-state index in [0.717, 1.165) is 19.4 Å². The number of aromatic nitrogens is 3. The van der Waals surface area contributed by atoms with E-state index in [1.165, 1.54) is 10.8 Å². The first-order valence-corrected chi connectivity index (χ1v) is 13.2. The maximum Gasteiger partial charge on any atom is 0.301 e. The van der Waals surface area contributed by atoms with Crippen molar-refractivity contribution in [2.24, 2.45) is 18.9 Å². The Kier molecular flexibility index (Phi) is 6.28. The monoisotopic (exact) mass is 548 g/mol. The molecule has 4 heterocycles. The number of nitrogens with zero attached hydrogens (tertiary/aromatic N) is 4. The molecule has 2 aliphatic heterocycles. The molecule has 2 aromatic heterocycles. The number of hydrogen-bond donors (Lipinski definition) is 2. The van der Waals surface area contributed by atoms with Gasteiger partial charge in [-0.15, -0.1) is 0 Å². The van der Waals surface area contributed by atoms with Crippen LogP contribution in [0.3, 0.4) is 0 Å². The maximum atomic E-state index is 14.9. The Bertz CT molecular complexity index is 1450. The zero-order valence-corrected chi connectivity index (χ0v) is 21.6. The largest absolute Gasteiger partial charge is 0.480 e. The van der Waals surface area contributed by atoms with Gasteiger partial charge in [-0.05, 0) is 49.8 Å². The summed E-state index contributed by atoms with van der Waals surface area (Å²) in [4.78, 5) is 23.9. The summed E-state index contributed by atoms with van der Waals surface area (Å²) in [6, 6.07) is 4.14. The van der Waals surface area contributed by atoms with E-state index >= 15 is 0 Å². The SMILES string of the molecule is Cn1c(=O)c2c(c3cc(Nc4nc(N5CCC[C@@H](CF)C5)ncc4Cl)ccc31)N[C@@H](C1CC1)C(F)(F)CO2. The van der Waals surface area contributed by atoms with Crippen molar-refractivity contribution in [1.82, 2.24) is 14.5 Å². The van der Waals surface area contributed by atoms with Crippen LogP contribution >= 0.6 is 11.6 Å². The molecule has 1 saturated heterocycles. The summed E-state index contributed by atoms with van der Waals surface area (Å²) in [5.74, 6) is -2.64. The molecule has 6 rings (SSSR count). The normalized spacial score (nSPS) is 22.8. The van der Waals surface area contributed by atoms with Gasteiger partial charge in [-0.1, -0.05) is 11.6 Å². The number of anilines is 4. The number of ether oxygens (including phenoxy) is 1. The Labute approximate surface area is 222 Å². The number of piperidine rings is 1. The summed E-state index contributed by atoms with van der Waals surface area (Å²) < 4.78 is 49.9. The lowest BCUT2D eigenvalue weighted by Crippen LogP contribution is -2.44. The number of benzene rings is 1. The molecular formula is C26H28ClF3N6O2. The van der Waals surface area contributed by atoms with Crippen molar-refractivity contribution in [2.45, 2.75) is 37.6 Å². The number of fused-ring (bicyclic) bond motifs is 3. The average molecular weight is 549 g/mol. The molecule has 1 aromatic carbocycles. The lowest BCUT2D eigenvalue weighted by molar-refractivity contribution is -0.0579. The first-order valence-electron chi connectivity index (χ1n) is 12.8. The van der Waals surface area contributed by atoms with E-state index in [9.17, 15) is 18.0 Å². The highest BCUT2D eigenvalue weighted by Gasteiger charge is 2.51. The molecule has 8 nitrogen and oxygen atoms in total. The van der Waals surface area contributed by atoms with Crippen LogP contribution in [0.2, 0.25) is 5.02 Å². The third-order valence-electron chi connectivity index (χ3n) is 7.62. The number of pyridine rings is 1. The molecule has 2 N–H and O–H groups in total. The van der Waals surface area contributed by atoms with E-state index < -0.39 is 24.1 Å². The Morgan fingerprint density at radius 2 is 2.11 bits per heavy atom. The predicted molar refractivity (Wildman–Crippen MR) is 141 cm³/mol. The minimum absolute atomic E-state index is 0.0524. The third kappa shape index (κ3) is 4.50. The van der Waals surface area contributed by atoms with Gasteiger partial charge in [0.2, 0.25) is 11.7 Å². The number of rotatable bonds is 5. The second-order valence-corrected chi connectivity index (χ2v) is 10.8. The molecule has 3 aromatic rings. The second-order valence-electron chi connectivity index (χ2n) is 10.4. The van der Waals surface area contributed by atoms with Gasteiger partial charge in [-0.2, -0.15) is 4.98 Å². The van der Waals surface area contributed by atoms with Gasteiger partial charge in [-0.25, -0.2) is 13.8 Å². The van der Waals surface area contributed by atoms with Gasteiger partial charge in [0.05, 0.1) is 30.1 Å². The van der Waals surface area contributed by atoms with Crippen LogP contribution in [-0.4, -0.2) is 52.9 Å². The molecule has 3 aliphatic rings. The van der Waals surface area contributed by atoms with Crippen molar-refractivity contribution in [3.63, 3.8) is 0 Å². The van der Waals surface area contributed by atoms with Crippen LogP contribution in [0.25, 0.3) is 10.9 Å². The highest BCUT2D eigenvalue weighted by molar-refractivity contribution is 6.32. The van der Waals surface area contributed by atoms with E-state index in [4.69, 9.17) is 16.3 Å². The Balaban J connectivity index is 1.37. The Hall–Kier alpha value is -3.21. The summed E-state index contributed by atoms with van der Waals surface area (Å²) in [6.45, 7) is 0.0225. The lowest BCUT2D eigenvalue weighted by atomic mass is 10.00. The second kappa shape index (κ2) is 9.52. The molecule has 0 spiro atoms. The van der Waals surface area contributed by atoms with Gasteiger partial charge in [0, 0.05) is 37.1 Å². The van der Waals surface area contributed by atoms with E-state index in [-0.39, 0.29) is 29.9 Å². The number of nitrogens with one attached hydrogen (secondary N) is 2. The first-order chi connectivity index (χ1) is 18.2. The van der Waals surface area contributed by atoms with Crippen LogP contribution in [0, 0.1) is 11.8 Å². The zero-order valence-electron chi connectivity index (χ0n) is 20.8. The third-order valence-corrected chi connectivity index (χ3v) is 7.90. The molecule has 1 saturated carbocycles. The fourth-order valence-corrected chi connectivity index (χ4v) is 5.53. The summed E-state index contributed by atoms with van der Waals surface area (Å²) in [5, 5.41) is 7.03. The summed E-state index contributed by atoms with van der Waals surface area (Å²) in [6.07, 6.45) is 4.60. The minimum atomic E-state index is -3.12.